The van der Waals surface area contributed by atoms with Crippen molar-refractivity contribution in [3.63, 3.8) is 0 Å². The second kappa shape index (κ2) is 9.00. The minimum absolute atomic E-state index is 0.0215. The van der Waals surface area contributed by atoms with Crippen molar-refractivity contribution in [2.24, 2.45) is 5.41 Å². The second-order valence-corrected chi connectivity index (χ2v) is 7.78. The summed E-state index contributed by atoms with van der Waals surface area (Å²) < 4.78 is 15.3. The van der Waals surface area contributed by atoms with E-state index in [0.29, 0.717) is 19.5 Å². The Balaban J connectivity index is 1.91. The van der Waals surface area contributed by atoms with Crippen LogP contribution < -0.4 is 5.63 Å². The van der Waals surface area contributed by atoms with Crippen LogP contribution in [0.1, 0.15) is 19.4 Å². The molecule has 0 aliphatic rings. The number of aromatic hydroxyl groups is 1. The van der Waals surface area contributed by atoms with E-state index in [4.69, 9.17) is 13.9 Å². The summed E-state index contributed by atoms with van der Waals surface area (Å²) in [6, 6.07) is 5.53. The van der Waals surface area contributed by atoms with E-state index in [0.717, 1.165) is 6.16 Å². The summed E-state index contributed by atoms with van der Waals surface area (Å²) in [5, 5.41) is 10.0. The fourth-order valence-electron chi connectivity index (χ4n) is 2.57. The molecule has 1 atom stereocenters. The quantitative estimate of drug-likeness (QED) is 0.317. The minimum Gasteiger partial charge on any atom is -0.508 e. The van der Waals surface area contributed by atoms with Gasteiger partial charge < -0.3 is 19.0 Å². The van der Waals surface area contributed by atoms with Crippen molar-refractivity contribution in [1.82, 2.24) is 0 Å². The molecule has 0 aliphatic heterocycles. The summed E-state index contributed by atoms with van der Waals surface area (Å²) in [5.41, 5.74) is -0.546. The van der Waals surface area contributed by atoms with Crippen LogP contribution in [0, 0.1) is 5.41 Å². The molecule has 1 aromatic carbocycles. The summed E-state index contributed by atoms with van der Waals surface area (Å²) in [4.78, 5) is 35.6. The van der Waals surface area contributed by atoms with E-state index in [1.165, 1.54) is 18.2 Å². The lowest BCUT2D eigenvalue weighted by Gasteiger charge is -2.21. The zero-order valence-electron chi connectivity index (χ0n) is 15.5. The third-order valence-corrected chi connectivity index (χ3v) is 5.14. The van der Waals surface area contributed by atoms with E-state index in [9.17, 15) is 19.5 Å². The number of hydrogen-bond acceptors (Lipinski definition) is 7. The minimum atomic E-state index is -0.622. The lowest BCUT2D eigenvalue weighted by Crippen LogP contribution is -2.30. The van der Waals surface area contributed by atoms with Gasteiger partial charge in [-0.25, -0.2) is 4.79 Å². The fraction of sp³-hybridized carbons (Fsp3) is 0.421. The number of carbonyl (C=O) groups excluding carboxylic acids is 2. The molecule has 0 spiro atoms. The number of carbonyl (C=O) groups is 2. The smallest absolute Gasteiger partial charge is 0.336 e. The van der Waals surface area contributed by atoms with Gasteiger partial charge in [0, 0.05) is 17.5 Å². The Morgan fingerprint density at radius 2 is 1.89 bits per heavy atom. The van der Waals surface area contributed by atoms with Crippen molar-refractivity contribution >= 4 is 31.5 Å². The van der Waals surface area contributed by atoms with Gasteiger partial charge in [-0.3, -0.25) is 9.59 Å². The molecule has 1 aromatic heterocycles. The summed E-state index contributed by atoms with van der Waals surface area (Å²) in [6.45, 7) is 5.58. The van der Waals surface area contributed by atoms with Crippen LogP contribution in [0.3, 0.4) is 0 Å². The summed E-state index contributed by atoms with van der Waals surface area (Å²) in [7, 11) is 0.642. The Kier molecular flexibility index (Phi) is 6.97. The van der Waals surface area contributed by atoms with Crippen LogP contribution in [-0.4, -0.2) is 43.1 Å². The number of ether oxygens (including phenoxy) is 2. The van der Waals surface area contributed by atoms with Crippen LogP contribution in [0.2, 0.25) is 0 Å². The lowest BCUT2D eigenvalue weighted by molar-refractivity contribution is -0.157. The fourth-order valence-corrected chi connectivity index (χ4v) is 3.60. The monoisotopic (exact) mass is 394 g/mol. The Hall–Kier alpha value is -2.40. The highest BCUT2D eigenvalue weighted by Gasteiger charge is 2.28. The molecule has 2 rings (SSSR count). The van der Waals surface area contributed by atoms with Crippen molar-refractivity contribution in [2.45, 2.75) is 20.3 Å². The first-order valence-electron chi connectivity index (χ1n) is 8.46. The topological polar surface area (TPSA) is 103 Å². The third-order valence-electron chi connectivity index (χ3n) is 3.90. The van der Waals surface area contributed by atoms with Gasteiger partial charge in [-0.1, -0.05) is 0 Å². The molecule has 1 unspecified atom stereocenters. The first kappa shape index (κ1) is 20.9. The molecule has 0 amide bonds. The molecule has 1 N–H and O–H groups in total. The Labute approximate surface area is 158 Å². The number of fused-ring (bicyclic) bond motifs is 1. The van der Waals surface area contributed by atoms with Crippen molar-refractivity contribution < 1.29 is 28.6 Å². The van der Waals surface area contributed by atoms with E-state index in [1.807, 2.05) is 20.5 Å². The molecule has 8 heteroatoms. The van der Waals surface area contributed by atoms with E-state index >= 15 is 0 Å². The normalized spacial score (nSPS) is 11.8. The molecule has 27 heavy (non-hydrogen) atoms. The second-order valence-electron chi connectivity index (χ2n) is 6.72. The van der Waals surface area contributed by atoms with Crippen molar-refractivity contribution in [3.8, 4) is 5.75 Å². The van der Waals surface area contributed by atoms with Gasteiger partial charge in [0.05, 0.1) is 11.8 Å². The standard InChI is InChI=1S/C19H23O7P/c1-19(2,11-27-3)18(23)25-7-6-24-16(21)8-12-9-17(22)26-15-10-13(20)4-5-14(12)15/h4-5,9-10,20,27H,6-8,11H2,1-3H3. The van der Waals surface area contributed by atoms with Crippen molar-refractivity contribution in [1.29, 1.82) is 0 Å². The maximum Gasteiger partial charge on any atom is 0.336 e. The van der Waals surface area contributed by atoms with Gasteiger partial charge in [-0.05, 0) is 44.4 Å². The Morgan fingerprint density at radius 3 is 2.59 bits per heavy atom. The number of esters is 2. The van der Waals surface area contributed by atoms with Crippen LogP contribution in [-0.2, 0) is 25.5 Å². The first-order chi connectivity index (χ1) is 12.7. The van der Waals surface area contributed by atoms with E-state index in [-0.39, 0.29) is 36.9 Å². The molecule has 0 aliphatic carbocycles. The van der Waals surface area contributed by atoms with Gasteiger partial charge in [-0.15, -0.1) is 8.58 Å². The zero-order valence-corrected chi connectivity index (χ0v) is 16.5. The van der Waals surface area contributed by atoms with Crippen LogP contribution in [0.15, 0.2) is 33.5 Å². The van der Waals surface area contributed by atoms with Crippen molar-refractivity contribution in [3.05, 3.63) is 40.2 Å². The van der Waals surface area contributed by atoms with Crippen molar-refractivity contribution in [2.75, 3.05) is 26.0 Å². The number of hydrogen-bond donors (Lipinski definition) is 1. The predicted molar refractivity (Wildman–Crippen MR) is 103 cm³/mol. The van der Waals surface area contributed by atoms with E-state index in [2.05, 4.69) is 0 Å². The molecule has 0 radical (unpaired) electrons. The molecule has 0 saturated carbocycles. The largest absolute Gasteiger partial charge is 0.508 e. The molecule has 2 aromatic rings. The molecule has 0 saturated heterocycles. The maximum atomic E-state index is 12.0. The average Bonchev–Trinajstić information content (AvgIpc) is 2.57. The van der Waals surface area contributed by atoms with Gasteiger partial charge >= 0.3 is 17.6 Å². The van der Waals surface area contributed by atoms with Gasteiger partial charge in [0.2, 0.25) is 0 Å². The van der Waals surface area contributed by atoms with Gasteiger partial charge in [0.25, 0.3) is 0 Å². The molecule has 1 heterocycles. The number of benzene rings is 1. The third kappa shape index (κ3) is 5.79. The molecular weight excluding hydrogens is 371 g/mol. The Morgan fingerprint density at radius 1 is 1.19 bits per heavy atom. The van der Waals surface area contributed by atoms with E-state index < -0.39 is 17.0 Å². The van der Waals surface area contributed by atoms with Gasteiger partial charge in [-0.2, -0.15) is 0 Å². The number of rotatable bonds is 8. The molecule has 146 valence electrons. The highest BCUT2D eigenvalue weighted by atomic mass is 31.1. The number of phenolic OH excluding ortho intramolecular Hbond substituents is 1. The highest BCUT2D eigenvalue weighted by Crippen LogP contribution is 2.25. The maximum absolute atomic E-state index is 12.0. The number of phenols is 1. The predicted octanol–water partition coefficient (Wildman–Crippen LogP) is 2.46. The summed E-state index contributed by atoms with van der Waals surface area (Å²) in [6.07, 6.45) is 0.605. The van der Waals surface area contributed by atoms with Gasteiger partial charge in [0.15, 0.2) is 0 Å². The van der Waals surface area contributed by atoms with Gasteiger partial charge in [0.1, 0.15) is 24.5 Å². The molecule has 0 bridgehead atoms. The summed E-state index contributed by atoms with van der Waals surface area (Å²) in [5.74, 6) is -0.918. The summed E-state index contributed by atoms with van der Waals surface area (Å²) >= 11 is 0. The van der Waals surface area contributed by atoms with Crippen LogP contribution in [0.4, 0.5) is 0 Å². The van der Waals surface area contributed by atoms with Crippen LogP contribution >= 0.6 is 8.58 Å². The highest BCUT2D eigenvalue weighted by molar-refractivity contribution is 7.37. The van der Waals surface area contributed by atoms with Crippen LogP contribution in [0.25, 0.3) is 11.0 Å². The molecule has 7 nitrogen and oxygen atoms in total. The molecular formula is C19H23O7P. The lowest BCUT2D eigenvalue weighted by atomic mass is 9.97. The Bertz CT molecular complexity index is 885. The van der Waals surface area contributed by atoms with E-state index in [1.54, 1.807) is 6.07 Å². The zero-order chi connectivity index (χ0) is 20.0. The van der Waals surface area contributed by atoms with Crippen LogP contribution in [0.5, 0.6) is 5.75 Å². The molecule has 0 fully saturated rings. The SMILES string of the molecule is CPCC(C)(C)C(=O)OCCOC(=O)Cc1cc(=O)oc2cc(O)ccc12. The average molecular weight is 394 g/mol. The first-order valence-corrected chi connectivity index (χ1v) is 10.2.